The van der Waals surface area contributed by atoms with Gasteiger partial charge in [0.1, 0.15) is 12.6 Å². The van der Waals surface area contributed by atoms with Crippen molar-refractivity contribution in [1.29, 1.82) is 0 Å². The van der Waals surface area contributed by atoms with E-state index in [1.54, 1.807) is 31.2 Å². The molecule has 0 aliphatic heterocycles. The van der Waals surface area contributed by atoms with Crippen molar-refractivity contribution in [2.75, 3.05) is 10.8 Å². The Morgan fingerprint density at radius 1 is 0.895 bits per heavy atom. The molecule has 0 aliphatic rings. The van der Waals surface area contributed by atoms with E-state index in [0.717, 1.165) is 16.3 Å². The molecule has 3 aromatic rings. The fourth-order valence-corrected chi connectivity index (χ4v) is 5.64. The van der Waals surface area contributed by atoms with Gasteiger partial charge in [-0.15, -0.1) is 0 Å². The molecule has 0 heterocycles. The number of nitrogens with one attached hydrogen (secondary N) is 1. The van der Waals surface area contributed by atoms with Crippen LogP contribution in [0.4, 0.5) is 5.69 Å². The smallest absolute Gasteiger partial charge is 0.264 e. The van der Waals surface area contributed by atoms with Crippen molar-refractivity contribution >= 4 is 50.7 Å². The van der Waals surface area contributed by atoms with E-state index in [2.05, 4.69) is 5.32 Å². The van der Waals surface area contributed by atoms with Gasteiger partial charge in [-0.3, -0.25) is 13.9 Å². The lowest BCUT2D eigenvalue weighted by molar-refractivity contribution is -0.139. The molecule has 0 bridgehead atoms. The molecule has 0 aliphatic carbocycles. The van der Waals surface area contributed by atoms with Gasteiger partial charge in [0.15, 0.2) is 0 Å². The first-order valence-corrected chi connectivity index (χ1v) is 14.4. The number of benzene rings is 3. The maximum absolute atomic E-state index is 13.9. The maximum atomic E-state index is 13.9. The standard InChI is InChI=1S/C28H31Cl2N3O4S/c1-4-20(2)31-28(35)21(3)32(18-22-12-7-5-8-13-22)26(34)19-33(25-17-11-16-24(29)27(25)30)38(36,37)23-14-9-6-10-15-23/h5-17,20-21H,4,18-19H2,1-3H3,(H,31,35)/t20-,21-/m0/s1. The Bertz CT molecular complexity index is 1360. The van der Waals surface area contributed by atoms with Gasteiger partial charge in [-0.25, -0.2) is 8.42 Å². The van der Waals surface area contributed by atoms with E-state index < -0.39 is 28.5 Å². The number of halogens is 2. The number of anilines is 1. The Morgan fingerprint density at radius 3 is 2.11 bits per heavy atom. The quantitative estimate of drug-likeness (QED) is 0.326. The lowest BCUT2D eigenvalue weighted by Gasteiger charge is -2.32. The molecular formula is C28H31Cl2N3O4S. The van der Waals surface area contributed by atoms with E-state index in [1.807, 2.05) is 44.2 Å². The zero-order chi connectivity index (χ0) is 27.9. The summed E-state index contributed by atoms with van der Waals surface area (Å²) in [6.45, 7) is 4.97. The number of carbonyl (C=O) groups is 2. The van der Waals surface area contributed by atoms with E-state index in [-0.39, 0.29) is 39.1 Å². The van der Waals surface area contributed by atoms with Crippen LogP contribution in [-0.2, 0) is 26.2 Å². The van der Waals surface area contributed by atoms with Gasteiger partial charge in [0, 0.05) is 12.6 Å². The highest BCUT2D eigenvalue weighted by Crippen LogP contribution is 2.35. The summed E-state index contributed by atoms with van der Waals surface area (Å²) >= 11 is 12.6. The van der Waals surface area contributed by atoms with Gasteiger partial charge in [0.05, 0.1) is 20.6 Å². The Kier molecular flexibility index (Phi) is 10.2. The number of nitrogens with zero attached hydrogens (tertiary/aromatic N) is 2. The minimum atomic E-state index is -4.22. The lowest BCUT2D eigenvalue weighted by Crippen LogP contribution is -2.52. The van der Waals surface area contributed by atoms with Crippen LogP contribution in [0.2, 0.25) is 10.0 Å². The summed E-state index contributed by atoms with van der Waals surface area (Å²) in [7, 11) is -4.22. The molecular weight excluding hydrogens is 545 g/mol. The molecule has 0 saturated carbocycles. The van der Waals surface area contributed by atoms with Gasteiger partial charge in [-0.1, -0.05) is 84.7 Å². The van der Waals surface area contributed by atoms with E-state index in [0.29, 0.717) is 0 Å². The second kappa shape index (κ2) is 13.1. The zero-order valence-electron chi connectivity index (χ0n) is 21.5. The summed E-state index contributed by atoms with van der Waals surface area (Å²) in [5.41, 5.74) is 0.857. The third-order valence-corrected chi connectivity index (χ3v) is 8.76. The summed E-state index contributed by atoms with van der Waals surface area (Å²) < 4.78 is 28.5. The van der Waals surface area contributed by atoms with Crippen LogP contribution in [-0.4, -0.2) is 43.8 Å². The fourth-order valence-electron chi connectivity index (χ4n) is 3.75. The van der Waals surface area contributed by atoms with Gasteiger partial charge < -0.3 is 10.2 Å². The normalized spacial score (nSPS) is 12.9. The largest absolute Gasteiger partial charge is 0.352 e. The van der Waals surface area contributed by atoms with Gasteiger partial charge in [-0.2, -0.15) is 0 Å². The molecule has 0 fully saturated rings. The minimum absolute atomic E-state index is 0.00126. The zero-order valence-corrected chi connectivity index (χ0v) is 23.8. The van der Waals surface area contributed by atoms with Crippen LogP contribution in [0.25, 0.3) is 0 Å². The second-order valence-electron chi connectivity index (χ2n) is 8.90. The summed E-state index contributed by atoms with van der Waals surface area (Å²) in [5, 5.41) is 3.05. The van der Waals surface area contributed by atoms with Gasteiger partial charge in [-0.05, 0) is 50.1 Å². The first kappa shape index (κ1) is 29.5. The van der Waals surface area contributed by atoms with E-state index in [4.69, 9.17) is 23.2 Å². The number of carbonyl (C=O) groups excluding carboxylic acids is 2. The molecule has 3 aromatic carbocycles. The van der Waals surface area contributed by atoms with Crippen LogP contribution in [0, 0.1) is 0 Å². The van der Waals surface area contributed by atoms with Crippen LogP contribution in [0.1, 0.15) is 32.8 Å². The van der Waals surface area contributed by atoms with E-state index >= 15 is 0 Å². The highest BCUT2D eigenvalue weighted by molar-refractivity contribution is 7.92. The molecule has 3 rings (SSSR count). The van der Waals surface area contributed by atoms with Crippen molar-refractivity contribution in [3.05, 3.63) is 94.5 Å². The number of rotatable bonds is 11. The highest BCUT2D eigenvalue weighted by atomic mass is 35.5. The van der Waals surface area contributed by atoms with Crippen LogP contribution >= 0.6 is 23.2 Å². The molecule has 10 heteroatoms. The SMILES string of the molecule is CC[C@H](C)NC(=O)[C@H](C)N(Cc1ccccc1)C(=O)CN(c1cccc(Cl)c1Cl)S(=O)(=O)c1ccccc1. The molecule has 0 saturated heterocycles. The van der Waals surface area contributed by atoms with Crippen molar-refractivity contribution in [1.82, 2.24) is 10.2 Å². The highest BCUT2D eigenvalue weighted by Gasteiger charge is 2.33. The molecule has 0 aromatic heterocycles. The number of hydrogen-bond acceptors (Lipinski definition) is 4. The van der Waals surface area contributed by atoms with Crippen molar-refractivity contribution in [3.8, 4) is 0 Å². The summed E-state index contributed by atoms with van der Waals surface area (Å²) in [6, 6.07) is 20.6. The van der Waals surface area contributed by atoms with Crippen molar-refractivity contribution in [2.45, 2.75) is 50.7 Å². The minimum Gasteiger partial charge on any atom is -0.352 e. The molecule has 1 N–H and O–H groups in total. The predicted molar refractivity (Wildman–Crippen MR) is 152 cm³/mol. The third kappa shape index (κ3) is 7.07. The van der Waals surface area contributed by atoms with Crippen molar-refractivity contribution in [3.63, 3.8) is 0 Å². The van der Waals surface area contributed by atoms with E-state index in [1.165, 1.54) is 29.2 Å². The summed E-state index contributed by atoms with van der Waals surface area (Å²) in [4.78, 5) is 28.3. The Hall–Kier alpha value is -3.07. The summed E-state index contributed by atoms with van der Waals surface area (Å²) in [5.74, 6) is -0.905. The predicted octanol–water partition coefficient (Wildman–Crippen LogP) is 5.52. The second-order valence-corrected chi connectivity index (χ2v) is 11.5. The molecule has 38 heavy (non-hydrogen) atoms. The average Bonchev–Trinajstić information content (AvgIpc) is 2.92. The monoisotopic (exact) mass is 575 g/mol. The average molecular weight is 577 g/mol. The van der Waals surface area contributed by atoms with Gasteiger partial charge >= 0.3 is 0 Å². The first-order valence-electron chi connectivity index (χ1n) is 12.2. The number of hydrogen-bond donors (Lipinski definition) is 1. The molecule has 202 valence electrons. The van der Waals surface area contributed by atoms with Crippen LogP contribution < -0.4 is 9.62 Å². The van der Waals surface area contributed by atoms with Gasteiger partial charge in [0.2, 0.25) is 11.8 Å². The maximum Gasteiger partial charge on any atom is 0.264 e. The van der Waals surface area contributed by atoms with Crippen molar-refractivity contribution < 1.29 is 18.0 Å². The molecule has 0 spiro atoms. The molecule has 0 unspecified atom stereocenters. The Morgan fingerprint density at radius 2 is 1.50 bits per heavy atom. The van der Waals surface area contributed by atoms with E-state index in [9.17, 15) is 18.0 Å². The summed E-state index contributed by atoms with van der Waals surface area (Å²) in [6.07, 6.45) is 0.724. The third-order valence-electron chi connectivity index (χ3n) is 6.17. The molecule has 7 nitrogen and oxygen atoms in total. The number of amides is 2. The van der Waals surface area contributed by atoms with Crippen LogP contribution in [0.5, 0.6) is 0 Å². The lowest BCUT2D eigenvalue weighted by atomic mass is 10.1. The molecule has 2 atom stereocenters. The Balaban J connectivity index is 2.04. The van der Waals surface area contributed by atoms with Gasteiger partial charge in [0.25, 0.3) is 10.0 Å². The first-order chi connectivity index (χ1) is 18.1. The van der Waals surface area contributed by atoms with Crippen LogP contribution in [0.3, 0.4) is 0 Å². The molecule has 0 radical (unpaired) electrons. The Labute approximate surface area is 234 Å². The number of sulfonamides is 1. The fraction of sp³-hybridized carbons (Fsp3) is 0.286. The molecule has 2 amide bonds. The van der Waals surface area contributed by atoms with Crippen molar-refractivity contribution in [2.24, 2.45) is 0 Å². The topological polar surface area (TPSA) is 86.8 Å². The van der Waals surface area contributed by atoms with Crippen LogP contribution in [0.15, 0.2) is 83.8 Å².